The summed E-state index contributed by atoms with van der Waals surface area (Å²) in [5.41, 5.74) is -2.14. The number of esters is 1. The van der Waals surface area contributed by atoms with Crippen molar-refractivity contribution in [3.63, 3.8) is 0 Å². The van der Waals surface area contributed by atoms with Crippen LogP contribution in [0.2, 0.25) is 0 Å². The summed E-state index contributed by atoms with van der Waals surface area (Å²) in [5, 5.41) is 8.86. The summed E-state index contributed by atoms with van der Waals surface area (Å²) in [4.78, 5) is 11.7. The van der Waals surface area contributed by atoms with Gasteiger partial charge in [0.25, 0.3) is 0 Å². The highest BCUT2D eigenvalue weighted by atomic mass is 19.4. The number of nitriles is 1. The molecule has 0 atom stereocenters. The molecule has 0 fully saturated rings. The molecule has 0 saturated heterocycles. The third-order valence-corrected chi connectivity index (χ3v) is 2.56. The molecular weight excluding hydrogens is 259 g/mol. The number of aryl methyl sites for hydroxylation is 1. The molecule has 102 valence electrons. The van der Waals surface area contributed by atoms with Crippen LogP contribution in [0.4, 0.5) is 13.2 Å². The van der Waals surface area contributed by atoms with Crippen molar-refractivity contribution in [3.05, 3.63) is 34.4 Å². The van der Waals surface area contributed by atoms with Crippen molar-refractivity contribution in [3.8, 4) is 6.07 Å². The molecule has 0 aliphatic heterocycles. The molecule has 1 aromatic rings. The van der Waals surface area contributed by atoms with Crippen LogP contribution in [0.3, 0.4) is 0 Å². The molecule has 1 aromatic carbocycles. The predicted octanol–water partition coefficient (Wildman–Crippen LogP) is 3.32. The largest absolute Gasteiger partial charge is 0.462 e. The van der Waals surface area contributed by atoms with Crippen LogP contribution < -0.4 is 0 Å². The Bertz CT molecular complexity index is 530. The average molecular weight is 271 g/mol. The van der Waals surface area contributed by atoms with Gasteiger partial charge in [-0.25, -0.2) is 4.79 Å². The highest BCUT2D eigenvalue weighted by molar-refractivity contribution is 5.94. The first-order chi connectivity index (χ1) is 8.86. The third kappa shape index (κ3) is 3.05. The summed E-state index contributed by atoms with van der Waals surface area (Å²) in [5.74, 6) is -1.12. The quantitative estimate of drug-likeness (QED) is 0.792. The Morgan fingerprint density at radius 1 is 1.37 bits per heavy atom. The van der Waals surface area contributed by atoms with Crippen LogP contribution in [-0.2, 0) is 17.3 Å². The molecule has 19 heavy (non-hydrogen) atoms. The van der Waals surface area contributed by atoms with E-state index in [1.807, 2.05) is 0 Å². The minimum atomic E-state index is -4.71. The lowest BCUT2D eigenvalue weighted by Gasteiger charge is -2.17. The minimum Gasteiger partial charge on any atom is -0.462 e. The zero-order valence-electron chi connectivity index (χ0n) is 10.5. The van der Waals surface area contributed by atoms with Crippen LogP contribution in [0.1, 0.15) is 40.9 Å². The van der Waals surface area contributed by atoms with Crippen LogP contribution >= 0.6 is 0 Å². The van der Waals surface area contributed by atoms with Crippen molar-refractivity contribution in [2.24, 2.45) is 0 Å². The second-order valence-electron chi connectivity index (χ2n) is 3.71. The van der Waals surface area contributed by atoms with Crippen molar-refractivity contribution in [1.82, 2.24) is 0 Å². The zero-order valence-corrected chi connectivity index (χ0v) is 10.5. The summed E-state index contributed by atoms with van der Waals surface area (Å²) in [6.45, 7) is 2.98. The van der Waals surface area contributed by atoms with Crippen LogP contribution in [0.5, 0.6) is 0 Å². The van der Waals surface area contributed by atoms with Crippen LogP contribution in [0.15, 0.2) is 12.1 Å². The number of hydrogen-bond acceptors (Lipinski definition) is 3. The highest BCUT2D eigenvalue weighted by Crippen LogP contribution is 2.36. The fourth-order valence-electron chi connectivity index (χ4n) is 1.77. The van der Waals surface area contributed by atoms with Gasteiger partial charge in [0.05, 0.1) is 23.3 Å². The maximum atomic E-state index is 13.1. The number of carbonyl (C=O) groups is 1. The molecule has 0 bridgehead atoms. The number of ether oxygens (including phenoxy) is 1. The number of nitrogens with zero attached hydrogens (tertiary/aromatic N) is 1. The van der Waals surface area contributed by atoms with Gasteiger partial charge in [-0.2, -0.15) is 18.4 Å². The lowest BCUT2D eigenvalue weighted by molar-refractivity contribution is -0.138. The van der Waals surface area contributed by atoms with Gasteiger partial charge >= 0.3 is 12.1 Å². The van der Waals surface area contributed by atoms with Gasteiger partial charge in [0.2, 0.25) is 0 Å². The van der Waals surface area contributed by atoms with E-state index in [-0.39, 0.29) is 24.2 Å². The molecule has 0 saturated carbocycles. The van der Waals surface area contributed by atoms with E-state index in [4.69, 9.17) is 5.26 Å². The molecule has 0 heterocycles. The molecule has 0 amide bonds. The summed E-state index contributed by atoms with van der Waals surface area (Å²) < 4.78 is 43.9. The Hall–Kier alpha value is -2.03. The Labute approximate surface area is 108 Å². The van der Waals surface area contributed by atoms with E-state index in [1.54, 1.807) is 13.0 Å². The van der Waals surface area contributed by atoms with E-state index in [2.05, 4.69) is 4.74 Å². The van der Waals surface area contributed by atoms with E-state index in [0.717, 1.165) is 0 Å². The van der Waals surface area contributed by atoms with Gasteiger partial charge in [-0.15, -0.1) is 0 Å². The minimum absolute atomic E-state index is 0.0328. The van der Waals surface area contributed by atoms with E-state index >= 15 is 0 Å². The molecular formula is C13H12F3NO2. The fraction of sp³-hybridized carbons (Fsp3) is 0.385. The molecule has 0 unspecified atom stereocenters. The maximum Gasteiger partial charge on any atom is 0.417 e. The summed E-state index contributed by atoms with van der Waals surface area (Å²) in [6, 6.07) is 4.02. The van der Waals surface area contributed by atoms with Crippen LogP contribution in [-0.4, -0.2) is 12.6 Å². The number of halogens is 3. The number of benzene rings is 1. The SMILES string of the molecule is CCOC(=O)c1c(C#N)ccc(CC)c1C(F)(F)F. The number of hydrogen-bond donors (Lipinski definition) is 0. The second-order valence-corrected chi connectivity index (χ2v) is 3.71. The van der Waals surface area contributed by atoms with Crippen molar-refractivity contribution < 1.29 is 22.7 Å². The van der Waals surface area contributed by atoms with Crippen LogP contribution in [0.25, 0.3) is 0 Å². The van der Waals surface area contributed by atoms with Gasteiger partial charge < -0.3 is 4.74 Å². The Morgan fingerprint density at radius 2 is 2.00 bits per heavy atom. The summed E-state index contributed by atoms with van der Waals surface area (Å²) in [7, 11) is 0. The van der Waals surface area contributed by atoms with Gasteiger partial charge in [-0.1, -0.05) is 13.0 Å². The van der Waals surface area contributed by atoms with Gasteiger partial charge in [-0.05, 0) is 25.0 Å². The zero-order chi connectivity index (χ0) is 14.6. The smallest absolute Gasteiger partial charge is 0.417 e. The Kier molecular flexibility index (Phi) is 4.54. The molecule has 0 spiro atoms. The lowest BCUT2D eigenvalue weighted by atomic mass is 9.94. The highest BCUT2D eigenvalue weighted by Gasteiger charge is 2.39. The van der Waals surface area contributed by atoms with Crippen molar-refractivity contribution in [2.45, 2.75) is 26.4 Å². The third-order valence-electron chi connectivity index (χ3n) is 2.56. The molecule has 6 heteroatoms. The molecule has 0 aliphatic rings. The van der Waals surface area contributed by atoms with E-state index in [1.165, 1.54) is 19.1 Å². The summed E-state index contributed by atoms with van der Waals surface area (Å²) >= 11 is 0. The standard InChI is InChI=1S/C13H12F3NO2/c1-3-8-5-6-9(7-17)10(12(18)19-4-2)11(8)13(14,15)16/h5-6H,3-4H2,1-2H3. The normalized spacial score (nSPS) is 10.9. The van der Waals surface area contributed by atoms with Crippen LogP contribution in [0, 0.1) is 11.3 Å². The van der Waals surface area contributed by atoms with Gasteiger partial charge in [0, 0.05) is 0 Å². The fourth-order valence-corrected chi connectivity index (χ4v) is 1.77. The van der Waals surface area contributed by atoms with Gasteiger partial charge in [0.1, 0.15) is 6.07 Å². The first kappa shape index (κ1) is 15.0. The topological polar surface area (TPSA) is 50.1 Å². The van der Waals surface area contributed by atoms with E-state index < -0.39 is 23.3 Å². The number of carbonyl (C=O) groups excluding carboxylic acids is 1. The van der Waals surface area contributed by atoms with Crippen molar-refractivity contribution >= 4 is 5.97 Å². The van der Waals surface area contributed by atoms with Crippen molar-refractivity contribution in [2.75, 3.05) is 6.61 Å². The average Bonchev–Trinajstić information content (AvgIpc) is 2.36. The predicted molar refractivity (Wildman–Crippen MR) is 61.5 cm³/mol. The molecule has 0 aromatic heterocycles. The second kappa shape index (κ2) is 5.74. The number of alkyl halides is 3. The summed E-state index contributed by atoms with van der Waals surface area (Å²) in [6.07, 6.45) is -4.60. The lowest BCUT2D eigenvalue weighted by Crippen LogP contribution is -2.19. The van der Waals surface area contributed by atoms with E-state index in [9.17, 15) is 18.0 Å². The van der Waals surface area contributed by atoms with Crippen molar-refractivity contribution in [1.29, 1.82) is 5.26 Å². The number of rotatable bonds is 3. The maximum absolute atomic E-state index is 13.1. The molecule has 0 radical (unpaired) electrons. The van der Waals surface area contributed by atoms with Gasteiger partial charge in [0.15, 0.2) is 0 Å². The first-order valence-electron chi connectivity index (χ1n) is 5.67. The first-order valence-corrected chi connectivity index (χ1v) is 5.67. The van der Waals surface area contributed by atoms with E-state index in [0.29, 0.717) is 0 Å². The molecule has 3 nitrogen and oxygen atoms in total. The van der Waals surface area contributed by atoms with Gasteiger partial charge in [-0.3, -0.25) is 0 Å². The molecule has 1 rings (SSSR count). The molecule has 0 N–H and O–H groups in total. The Balaban J connectivity index is 3.63. The molecule has 0 aliphatic carbocycles. The monoisotopic (exact) mass is 271 g/mol. The Morgan fingerprint density at radius 3 is 2.42 bits per heavy atom.